The van der Waals surface area contributed by atoms with Crippen molar-refractivity contribution in [3.8, 4) is 11.5 Å². The highest BCUT2D eigenvalue weighted by Crippen LogP contribution is 2.38. The average molecular weight is 250 g/mol. The Morgan fingerprint density at radius 3 is 2.89 bits per heavy atom. The van der Waals surface area contributed by atoms with Gasteiger partial charge in [0.2, 0.25) is 0 Å². The molecule has 0 saturated carbocycles. The van der Waals surface area contributed by atoms with E-state index >= 15 is 0 Å². The Bertz CT molecular complexity index is 409. The fourth-order valence-corrected chi connectivity index (χ4v) is 2.32. The molecule has 0 saturated heterocycles. The lowest BCUT2D eigenvalue weighted by molar-refractivity contribution is 0.151. The van der Waals surface area contributed by atoms with Gasteiger partial charge < -0.3 is 19.7 Å². The van der Waals surface area contributed by atoms with E-state index in [0.717, 1.165) is 30.2 Å². The van der Waals surface area contributed by atoms with E-state index in [1.165, 1.54) is 0 Å². The molecule has 0 aliphatic carbocycles. The van der Waals surface area contributed by atoms with Gasteiger partial charge in [0.05, 0.1) is 18.8 Å². The number of nitrogens with one attached hydrogen (secondary N) is 1. The normalized spacial score (nSPS) is 22.3. The highest BCUT2D eigenvalue weighted by Gasteiger charge is 2.30. The first kappa shape index (κ1) is 13.0. The van der Waals surface area contributed by atoms with Gasteiger partial charge in [-0.2, -0.15) is 0 Å². The number of methoxy groups -OCH3 is 1. The fourth-order valence-electron chi connectivity index (χ4n) is 2.32. The van der Waals surface area contributed by atoms with E-state index in [0.29, 0.717) is 6.04 Å². The van der Waals surface area contributed by atoms with Crippen molar-refractivity contribution in [1.82, 2.24) is 5.32 Å². The predicted octanol–water partition coefficient (Wildman–Crippen LogP) is 1.89. The molecule has 0 radical (unpaired) electrons. The Morgan fingerprint density at radius 2 is 2.22 bits per heavy atom. The zero-order valence-corrected chi connectivity index (χ0v) is 11.6. The lowest BCUT2D eigenvalue weighted by atomic mass is 10.0. The van der Waals surface area contributed by atoms with E-state index in [1.807, 2.05) is 25.2 Å². The molecular weight excluding hydrogens is 228 g/mol. The van der Waals surface area contributed by atoms with Crippen molar-refractivity contribution in [2.75, 3.05) is 32.6 Å². The number of hydrogen-bond donors (Lipinski definition) is 1. The first-order valence-electron chi connectivity index (χ1n) is 6.39. The van der Waals surface area contributed by atoms with Crippen LogP contribution in [-0.2, 0) is 0 Å². The largest absolute Gasteiger partial charge is 0.497 e. The topological polar surface area (TPSA) is 33.7 Å². The molecule has 1 aliphatic rings. The molecule has 1 aliphatic heterocycles. The number of hydrogen-bond acceptors (Lipinski definition) is 4. The molecule has 2 atom stereocenters. The summed E-state index contributed by atoms with van der Waals surface area (Å²) in [5, 5.41) is 3.17. The molecule has 1 N–H and O–H groups in total. The van der Waals surface area contributed by atoms with E-state index in [9.17, 15) is 0 Å². The van der Waals surface area contributed by atoms with E-state index in [-0.39, 0.29) is 6.10 Å². The number of nitrogens with zero attached hydrogens (tertiary/aromatic N) is 1. The van der Waals surface area contributed by atoms with Crippen LogP contribution >= 0.6 is 0 Å². The van der Waals surface area contributed by atoms with Gasteiger partial charge in [0.25, 0.3) is 0 Å². The molecule has 0 amide bonds. The molecule has 4 heteroatoms. The van der Waals surface area contributed by atoms with Crippen molar-refractivity contribution in [1.29, 1.82) is 0 Å². The van der Waals surface area contributed by atoms with Crippen LogP contribution in [0.1, 0.15) is 13.3 Å². The van der Waals surface area contributed by atoms with Gasteiger partial charge in [0.1, 0.15) is 17.6 Å². The Morgan fingerprint density at radius 1 is 1.44 bits per heavy atom. The highest BCUT2D eigenvalue weighted by atomic mass is 16.5. The van der Waals surface area contributed by atoms with Crippen LogP contribution in [0.2, 0.25) is 0 Å². The molecule has 1 aromatic rings. The maximum atomic E-state index is 6.08. The first-order chi connectivity index (χ1) is 8.67. The van der Waals surface area contributed by atoms with Crippen molar-refractivity contribution in [2.45, 2.75) is 25.5 Å². The Hall–Kier alpha value is -1.42. The number of ether oxygens (including phenoxy) is 2. The van der Waals surface area contributed by atoms with Crippen LogP contribution in [0.4, 0.5) is 5.69 Å². The first-order valence-corrected chi connectivity index (χ1v) is 6.39. The summed E-state index contributed by atoms with van der Waals surface area (Å²) in [5.41, 5.74) is 1.10. The molecule has 18 heavy (non-hydrogen) atoms. The van der Waals surface area contributed by atoms with Gasteiger partial charge in [-0.25, -0.2) is 0 Å². The molecule has 0 aromatic heterocycles. The zero-order valence-electron chi connectivity index (χ0n) is 11.6. The summed E-state index contributed by atoms with van der Waals surface area (Å²) >= 11 is 0. The minimum absolute atomic E-state index is 0.225. The Kier molecular flexibility index (Phi) is 3.97. The second-order valence-electron chi connectivity index (χ2n) is 4.73. The summed E-state index contributed by atoms with van der Waals surface area (Å²) in [6.07, 6.45) is 1.23. The molecule has 4 nitrogen and oxygen atoms in total. The number of anilines is 1. The molecule has 1 aromatic carbocycles. The van der Waals surface area contributed by atoms with Crippen LogP contribution < -0.4 is 19.7 Å². The summed E-state index contributed by atoms with van der Waals surface area (Å²) in [6, 6.07) is 6.32. The van der Waals surface area contributed by atoms with Crippen molar-refractivity contribution in [2.24, 2.45) is 0 Å². The minimum Gasteiger partial charge on any atom is -0.497 e. The van der Waals surface area contributed by atoms with Gasteiger partial charge in [-0.1, -0.05) is 0 Å². The van der Waals surface area contributed by atoms with Gasteiger partial charge >= 0.3 is 0 Å². The van der Waals surface area contributed by atoms with Crippen LogP contribution in [0.15, 0.2) is 18.2 Å². The summed E-state index contributed by atoms with van der Waals surface area (Å²) < 4.78 is 11.3. The van der Waals surface area contributed by atoms with E-state index in [2.05, 4.69) is 24.2 Å². The number of fused-ring (bicyclic) bond motifs is 1. The van der Waals surface area contributed by atoms with Crippen molar-refractivity contribution in [3.05, 3.63) is 18.2 Å². The maximum Gasteiger partial charge on any atom is 0.143 e. The van der Waals surface area contributed by atoms with E-state index in [1.54, 1.807) is 7.11 Å². The van der Waals surface area contributed by atoms with Gasteiger partial charge in [-0.3, -0.25) is 0 Å². The third-order valence-electron chi connectivity index (χ3n) is 3.65. The summed E-state index contributed by atoms with van der Waals surface area (Å²) in [7, 11) is 5.76. The van der Waals surface area contributed by atoms with E-state index in [4.69, 9.17) is 9.47 Å². The molecule has 0 spiro atoms. The average Bonchev–Trinajstić information content (AvgIpc) is 2.41. The standard InChI is InChI=1S/C14H22N2O2/c1-10-13(7-8-15-2)18-14-6-5-11(17-4)9-12(14)16(10)3/h5-6,9-10,13,15H,7-8H2,1-4H3. The minimum atomic E-state index is 0.225. The van der Waals surface area contributed by atoms with Crippen LogP contribution in [0.25, 0.3) is 0 Å². The van der Waals surface area contributed by atoms with Crippen molar-refractivity contribution >= 4 is 5.69 Å². The molecule has 2 unspecified atom stereocenters. The van der Waals surface area contributed by atoms with Crippen LogP contribution in [0, 0.1) is 0 Å². The fraction of sp³-hybridized carbons (Fsp3) is 0.571. The van der Waals surface area contributed by atoms with Crippen LogP contribution in [-0.4, -0.2) is 39.9 Å². The van der Waals surface area contributed by atoms with Crippen molar-refractivity contribution in [3.63, 3.8) is 0 Å². The number of rotatable bonds is 4. The molecule has 1 heterocycles. The van der Waals surface area contributed by atoms with Crippen LogP contribution in [0.5, 0.6) is 11.5 Å². The Labute approximate surface area is 109 Å². The smallest absolute Gasteiger partial charge is 0.143 e. The molecule has 100 valence electrons. The lowest BCUT2D eigenvalue weighted by Crippen LogP contribution is -2.46. The predicted molar refractivity (Wildman–Crippen MR) is 73.8 cm³/mol. The quantitative estimate of drug-likeness (QED) is 0.885. The van der Waals surface area contributed by atoms with Gasteiger partial charge in [0.15, 0.2) is 0 Å². The molecule has 0 bridgehead atoms. The SMILES string of the molecule is CNCCC1Oc2ccc(OC)cc2N(C)C1C. The second kappa shape index (κ2) is 5.48. The highest BCUT2D eigenvalue weighted by molar-refractivity contribution is 5.63. The summed E-state index contributed by atoms with van der Waals surface area (Å²) in [6.45, 7) is 3.16. The van der Waals surface area contributed by atoms with Gasteiger partial charge in [-0.15, -0.1) is 0 Å². The third kappa shape index (κ3) is 2.38. The molecule has 2 rings (SSSR count). The summed E-state index contributed by atoms with van der Waals surface area (Å²) in [5.74, 6) is 1.81. The monoisotopic (exact) mass is 250 g/mol. The van der Waals surface area contributed by atoms with Gasteiger partial charge in [-0.05, 0) is 39.1 Å². The lowest BCUT2D eigenvalue weighted by Gasteiger charge is -2.40. The van der Waals surface area contributed by atoms with Crippen molar-refractivity contribution < 1.29 is 9.47 Å². The maximum absolute atomic E-state index is 6.08. The number of likely N-dealkylation sites (N-methyl/N-ethyl adjacent to an activating group) is 1. The summed E-state index contributed by atoms with van der Waals surface area (Å²) in [4.78, 5) is 2.27. The van der Waals surface area contributed by atoms with E-state index < -0.39 is 0 Å². The molecule has 0 fully saturated rings. The Balaban J connectivity index is 2.23. The van der Waals surface area contributed by atoms with Gasteiger partial charge in [0, 0.05) is 13.1 Å². The number of benzene rings is 1. The second-order valence-corrected chi connectivity index (χ2v) is 4.73. The zero-order chi connectivity index (χ0) is 13.1. The van der Waals surface area contributed by atoms with Crippen LogP contribution in [0.3, 0.4) is 0 Å². The molecular formula is C14H22N2O2. The third-order valence-corrected chi connectivity index (χ3v) is 3.65.